The molecule has 0 saturated carbocycles. The van der Waals surface area contributed by atoms with Gasteiger partial charge in [-0.05, 0) is 37.3 Å². The number of aliphatic hydroxyl groups excluding tert-OH is 1. The van der Waals surface area contributed by atoms with Crippen LogP contribution in [-0.2, 0) is 0 Å². The van der Waals surface area contributed by atoms with Gasteiger partial charge in [-0.2, -0.15) is 0 Å². The van der Waals surface area contributed by atoms with Gasteiger partial charge in [0.25, 0.3) is 0 Å². The Balaban J connectivity index is 2.37. The molecule has 4 heteroatoms. The van der Waals surface area contributed by atoms with Gasteiger partial charge in [-0.25, -0.2) is 4.39 Å². The van der Waals surface area contributed by atoms with Crippen LogP contribution in [0.15, 0.2) is 46.9 Å². The molecule has 94 valence electrons. The summed E-state index contributed by atoms with van der Waals surface area (Å²) >= 11 is 3.33. The van der Waals surface area contributed by atoms with E-state index < -0.39 is 11.9 Å². The Labute approximate surface area is 113 Å². The predicted octanol–water partition coefficient (Wildman–Crippen LogP) is 4.43. The van der Waals surface area contributed by atoms with E-state index >= 15 is 0 Å². The molecule has 0 fully saturated rings. The van der Waals surface area contributed by atoms with Gasteiger partial charge < -0.3 is 9.84 Å². The first-order valence-corrected chi connectivity index (χ1v) is 6.27. The van der Waals surface area contributed by atoms with Crippen LogP contribution in [0.1, 0.15) is 18.6 Å². The molecule has 2 rings (SSSR count). The zero-order valence-corrected chi connectivity index (χ0v) is 11.3. The van der Waals surface area contributed by atoms with Crippen molar-refractivity contribution < 1.29 is 14.2 Å². The van der Waals surface area contributed by atoms with Crippen LogP contribution in [0.5, 0.6) is 11.5 Å². The van der Waals surface area contributed by atoms with Crippen molar-refractivity contribution in [3.8, 4) is 11.5 Å². The van der Waals surface area contributed by atoms with E-state index in [9.17, 15) is 9.50 Å². The first-order chi connectivity index (χ1) is 8.58. The molecular weight excluding hydrogens is 299 g/mol. The summed E-state index contributed by atoms with van der Waals surface area (Å²) in [7, 11) is 0. The van der Waals surface area contributed by atoms with Crippen molar-refractivity contribution in [2.75, 3.05) is 0 Å². The van der Waals surface area contributed by atoms with Crippen LogP contribution < -0.4 is 4.74 Å². The second-order valence-electron chi connectivity index (χ2n) is 3.89. The number of aliphatic hydroxyl groups is 1. The summed E-state index contributed by atoms with van der Waals surface area (Å²) in [5.41, 5.74) is 0.164. The van der Waals surface area contributed by atoms with Crippen LogP contribution in [0, 0.1) is 5.82 Å². The number of hydrogen-bond acceptors (Lipinski definition) is 2. The predicted molar refractivity (Wildman–Crippen MR) is 71.2 cm³/mol. The second-order valence-corrected chi connectivity index (χ2v) is 4.80. The summed E-state index contributed by atoms with van der Waals surface area (Å²) in [6.07, 6.45) is -0.923. The monoisotopic (exact) mass is 310 g/mol. The van der Waals surface area contributed by atoms with Gasteiger partial charge in [0, 0.05) is 4.47 Å². The van der Waals surface area contributed by atoms with Gasteiger partial charge in [0.1, 0.15) is 17.3 Å². The number of hydrogen-bond donors (Lipinski definition) is 1. The third kappa shape index (κ3) is 2.89. The smallest absolute Gasteiger partial charge is 0.136 e. The van der Waals surface area contributed by atoms with Gasteiger partial charge >= 0.3 is 0 Å². The highest BCUT2D eigenvalue weighted by atomic mass is 79.9. The first kappa shape index (κ1) is 13.1. The quantitative estimate of drug-likeness (QED) is 0.908. The molecule has 0 saturated heterocycles. The van der Waals surface area contributed by atoms with Crippen LogP contribution in [0.3, 0.4) is 0 Å². The highest BCUT2D eigenvalue weighted by Gasteiger charge is 2.15. The molecule has 2 aromatic carbocycles. The summed E-state index contributed by atoms with van der Waals surface area (Å²) in [5.74, 6) is 0.428. The van der Waals surface area contributed by atoms with E-state index in [1.54, 1.807) is 24.3 Å². The highest BCUT2D eigenvalue weighted by Crippen LogP contribution is 2.32. The number of rotatable bonds is 3. The van der Waals surface area contributed by atoms with Crippen LogP contribution in [-0.4, -0.2) is 5.11 Å². The molecule has 0 aliphatic heterocycles. The Kier molecular flexibility index (Phi) is 3.99. The van der Waals surface area contributed by atoms with E-state index in [0.29, 0.717) is 11.5 Å². The van der Waals surface area contributed by atoms with Crippen molar-refractivity contribution in [3.05, 3.63) is 58.3 Å². The van der Waals surface area contributed by atoms with Crippen molar-refractivity contribution in [3.63, 3.8) is 0 Å². The van der Waals surface area contributed by atoms with Gasteiger partial charge in [0.05, 0.1) is 11.7 Å². The molecule has 0 aliphatic carbocycles. The van der Waals surface area contributed by atoms with Crippen LogP contribution in [0.2, 0.25) is 0 Å². The Morgan fingerprint density at radius 1 is 1.22 bits per heavy atom. The van der Waals surface area contributed by atoms with Gasteiger partial charge in [0.2, 0.25) is 0 Å². The summed E-state index contributed by atoms with van der Waals surface area (Å²) in [6.45, 7) is 1.51. The first-order valence-electron chi connectivity index (χ1n) is 5.48. The molecular formula is C14H12BrFO2. The van der Waals surface area contributed by atoms with E-state index in [1.807, 2.05) is 12.1 Å². The van der Waals surface area contributed by atoms with Crippen LogP contribution in [0.25, 0.3) is 0 Å². The van der Waals surface area contributed by atoms with E-state index in [2.05, 4.69) is 15.9 Å². The lowest BCUT2D eigenvalue weighted by Crippen LogP contribution is -1.99. The van der Waals surface area contributed by atoms with Crippen LogP contribution >= 0.6 is 15.9 Å². The van der Waals surface area contributed by atoms with Crippen molar-refractivity contribution in [1.29, 1.82) is 0 Å². The molecule has 0 bridgehead atoms. The SMILES string of the molecule is CC(O)c1c(F)cccc1Oc1cccc(Br)c1. The maximum atomic E-state index is 13.6. The largest absolute Gasteiger partial charge is 0.457 e. The number of halogens is 2. The lowest BCUT2D eigenvalue weighted by atomic mass is 10.1. The topological polar surface area (TPSA) is 29.5 Å². The summed E-state index contributed by atoms with van der Waals surface area (Å²) in [5, 5.41) is 9.59. The third-order valence-corrected chi connectivity index (χ3v) is 2.95. The summed E-state index contributed by atoms with van der Waals surface area (Å²) < 4.78 is 20.1. The molecule has 1 atom stereocenters. The second kappa shape index (κ2) is 5.50. The Morgan fingerprint density at radius 2 is 1.94 bits per heavy atom. The highest BCUT2D eigenvalue weighted by molar-refractivity contribution is 9.10. The molecule has 2 nitrogen and oxygen atoms in total. The van der Waals surface area contributed by atoms with Crippen LogP contribution in [0.4, 0.5) is 4.39 Å². The minimum Gasteiger partial charge on any atom is -0.457 e. The maximum Gasteiger partial charge on any atom is 0.136 e. The standard InChI is InChI=1S/C14H12BrFO2/c1-9(17)14-12(16)6-3-7-13(14)18-11-5-2-4-10(15)8-11/h2-9,17H,1H3. The zero-order valence-electron chi connectivity index (χ0n) is 9.73. The molecule has 0 aliphatic rings. The lowest BCUT2D eigenvalue weighted by molar-refractivity contribution is 0.190. The molecule has 1 N–H and O–H groups in total. The fourth-order valence-electron chi connectivity index (χ4n) is 1.67. The molecule has 0 radical (unpaired) electrons. The normalized spacial score (nSPS) is 12.2. The number of ether oxygens (including phenoxy) is 1. The zero-order chi connectivity index (χ0) is 13.1. The molecule has 1 unspecified atom stereocenters. The van der Waals surface area contributed by atoms with Gasteiger partial charge in [-0.3, -0.25) is 0 Å². The average molecular weight is 311 g/mol. The minimum atomic E-state index is -0.923. The Morgan fingerprint density at radius 3 is 2.61 bits per heavy atom. The van der Waals surface area contributed by atoms with Gasteiger partial charge in [-0.15, -0.1) is 0 Å². The summed E-state index contributed by atoms with van der Waals surface area (Å²) in [6, 6.07) is 11.7. The minimum absolute atomic E-state index is 0.164. The molecule has 2 aromatic rings. The Bertz CT molecular complexity index is 555. The van der Waals surface area contributed by atoms with E-state index in [-0.39, 0.29) is 5.56 Å². The van der Waals surface area contributed by atoms with E-state index in [0.717, 1.165) is 4.47 Å². The van der Waals surface area contributed by atoms with E-state index in [4.69, 9.17) is 4.74 Å². The molecule has 0 spiro atoms. The maximum absolute atomic E-state index is 13.6. The van der Waals surface area contributed by atoms with Crippen molar-refractivity contribution >= 4 is 15.9 Å². The average Bonchev–Trinajstić information content (AvgIpc) is 2.28. The fraction of sp³-hybridized carbons (Fsp3) is 0.143. The molecule has 0 amide bonds. The van der Waals surface area contributed by atoms with E-state index in [1.165, 1.54) is 13.0 Å². The lowest BCUT2D eigenvalue weighted by Gasteiger charge is -2.14. The Hall–Kier alpha value is -1.39. The summed E-state index contributed by atoms with van der Waals surface area (Å²) in [4.78, 5) is 0. The van der Waals surface area contributed by atoms with Gasteiger partial charge in [-0.1, -0.05) is 28.1 Å². The van der Waals surface area contributed by atoms with Crippen molar-refractivity contribution in [1.82, 2.24) is 0 Å². The number of benzene rings is 2. The molecule has 0 heterocycles. The fourth-order valence-corrected chi connectivity index (χ4v) is 2.05. The van der Waals surface area contributed by atoms with Crippen molar-refractivity contribution in [2.24, 2.45) is 0 Å². The molecule has 18 heavy (non-hydrogen) atoms. The van der Waals surface area contributed by atoms with Crippen molar-refractivity contribution in [2.45, 2.75) is 13.0 Å². The van der Waals surface area contributed by atoms with Gasteiger partial charge in [0.15, 0.2) is 0 Å². The third-order valence-electron chi connectivity index (χ3n) is 2.45. The molecule has 0 aromatic heterocycles.